The van der Waals surface area contributed by atoms with Crippen molar-refractivity contribution in [2.75, 3.05) is 13.7 Å². The standard InChI is InChI=1S/C9H16NO6/c1-4(12)10(2)6-8(14)7(13)5(3-11)16-9(6)15/h5-9,11,13-14H,3H2,1-2H3/q-1/t5-,6-,7+,8-,9+/m1/s1. The van der Waals surface area contributed by atoms with E-state index in [1.54, 1.807) is 0 Å². The van der Waals surface area contributed by atoms with Gasteiger partial charge in [0.05, 0.1) is 12.6 Å². The van der Waals surface area contributed by atoms with Crippen LogP contribution in [0.15, 0.2) is 0 Å². The fourth-order valence-corrected chi connectivity index (χ4v) is 1.69. The quantitative estimate of drug-likeness (QED) is 0.459. The van der Waals surface area contributed by atoms with E-state index in [-0.39, 0.29) is 0 Å². The van der Waals surface area contributed by atoms with Crippen LogP contribution in [0, 0.1) is 0 Å². The smallest absolute Gasteiger partial charge is 0.219 e. The molecule has 5 atom stereocenters. The van der Waals surface area contributed by atoms with Gasteiger partial charge in [0.15, 0.2) is 0 Å². The van der Waals surface area contributed by atoms with Crippen LogP contribution in [0.2, 0.25) is 0 Å². The van der Waals surface area contributed by atoms with E-state index in [9.17, 15) is 20.1 Å². The number of hydrogen-bond donors (Lipinski definition) is 3. The van der Waals surface area contributed by atoms with Gasteiger partial charge in [-0.2, -0.15) is 0 Å². The number of hydrogen-bond acceptors (Lipinski definition) is 6. The van der Waals surface area contributed by atoms with Crippen molar-refractivity contribution < 1.29 is 30.0 Å². The van der Waals surface area contributed by atoms with Crippen molar-refractivity contribution in [3.63, 3.8) is 0 Å². The number of nitrogens with zero attached hydrogens (tertiary/aromatic N) is 1. The average Bonchev–Trinajstić information content (AvgIpc) is 2.23. The van der Waals surface area contributed by atoms with Crippen LogP contribution in [0.3, 0.4) is 0 Å². The molecule has 1 saturated heterocycles. The Morgan fingerprint density at radius 1 is 1.44 bits per heavy atom. The molecule has 0 aromatic carbocycles. The molecule has 0 radical (unpaired) electrons. The zero-order valence-corrected chi connectivity index (χ0v) is 9.11. The number of ether oxygens (including phenoxy) is 1. The van der Waals surface area contributed by atoms with Gasteiger partial charge < -0.3 is 30.1 Å². The number of carbonyl (C=O) groups excluding carboxylic acids is 1. The lowest BCUT2D eigenvalue weighted by Crippen LogP contribution is -2.67. The summed E-state index contributed by atoms with van der Waals surface area (Å²) in [6.07, 6.45) is -5.62. The van der Waals surface area contributed by atoms with Gasteiger partial charge in [-0.25, -0.2) is 0 Å². The molecule has 0 spiro atoms. The third-order valence-electron chi connectivity index (χ3n) is 2.79. The molecule has 0 aromatic rings. The van der Waals surface area contributed by atoms with Gasteiger partial charge in [0.25, 0.3) is 0 Å². The minimum absolute atomic E-state index is 0.414. The summed E-state index contributed by atoms with van der Waals surface area (Å²) in [5.41, 5.74) is 0. The maximum absolute atomic E-state index is 11.6. The second-order valence-corrected chi connectivity index (χ2v) is 3.83. The molecule has 1 aliphatic heterocycles. The molecule has 7 heteroatoms. The van der Waals surface area contributed by atoms with E-state index in [4.69, 9.17) is 9.84 Å². The van der Waals surface area contributed by atoms with Crippen molar-refractivity contribution >= 4 is 5.91 Å². The van der Waals surface area contributed by atoms with Crippen molar-refractivity contribution in [1.29, 1.82) is 0 Å². The lowest BCUT2D eigenvalue weighted by molar-refractivity contribution is -0.524. The summed E-state index contributed by atoms with van der Waals surface area (Å²) in [4.78, 5) is 12.1. The van der Waals surface area contributed by atoms with Gasteiger partial charge in [-0.3, -0.25) is 4.79 Å². The molecule has 1 rings (SSSR count). The SMILES string of the molecule is CC(=O)N(C)[C@@H]1[C@@H](O)[C@@H](O)[C@@H](CO)O[C@@H]1[O-]. The van der Waals surface area contributed by atoms with Gasteiger partial charge in [-0.1, -0.05) is 0 Å². The Hall–Kier alpha value is -0.730. The number of amides is 1. The molecule has 94 valence electrons. The van der Waals surface area contributed by atoms with Crippen molar-refractivity contribution in [3.8, 4) is 0 Å². The summed E-state index contributed by atoms with van der Waals surface area (Å²) < 4.78 is 4.79. The normalized spacial score (nSPS) is 39.5. The highest BCUT2D eigenvalue weighted by Crippen LogP contribution is 2.21. The molecule has 1 heterocycles. The van der Waals surface area contributed by atoms with E-state index in [1.807, 2.05) is 0 Å². The maximum atomic E-state index is 11.6. The molecule has 0 saturated carbocycles. The van der Waals surface area contributed by atoms with E-state index in [1.165, 1.54) is 14.0 Å². The number of aliphatic hydroxyl groups is 3. The molecule has 1 amide bonds. The molecule has 0 aliphatic carbocycles. The molecule has 16 heavy (non-hydrogen) atoms. The predicted molar refractivity (Wildman–Crippen MR) is 50.0 cm³/mol. The first-order valence-corrected chi connectivity index (χ1v) is 4.91. The molecule has 0 bridgehead atoms. The Labute approximate surface area is 92.9 Å². The minimum Gasteiger partial charge on any atom is -0.829 e. The number of carbonyl (C=O) groups is 1. The van der Waals surface area contributed by atoms with Crippen molar-refractivity contribution in [1.82, 2.24) is 4.90 Å². The van der Waals surface area contributed by atoms with Crippen LogP contribution in [-0.2, 0) is 9.53 Å². The summed E-state index contributed by atoms with van der Waals surface area (Å²) in [6.45, 7) is 0.678. The van der Waals surface area contributed by atoms with E-state index in [2.05, 4.69) is 0 Å². The Morgan fingerprint density at radius 2 is 2.00 bits per heavy atom. The summed E-state index contributed by atoms with van der Waals surface area (Å²) in [5, 5.41) is 39.6. The topological polar surface area (TPSA) is 113 Å². The molecule has 3 N–H and O–H groups in total. The van der Waals surface area contributed by atoms with Crippen LogP contribution in [0.4, 0.5) is 0 Å². The third-order valence-corrected chi connectivity index (χ3v) is 2.79. The van der Waals surface area contributed by atoms with E-state index in [0.717, 1.165) is 4.90 Å². The Balaban J connectivity index is 2.83. The third kappa shape index (κ3) is 2.33. The minimum atomic E-state index is -1.69. The fourth-order valence-electron chi connectivity index (χ4n) is 1.69. The van der Waals surface area contributed by atoms with Gasteiger partial charge >= 0.3 is 0 Å². The van der Waals surface area contributed by atoms with Gasteiger partial charge in [0, 0.05) is 20.3 Å². The summed E-state index contributed by atoms with van der Waals surface area (Å²) in [7, 11) is 1.34. The molecular weight excluding hydrogens is 218 g/mol. The van der Waals surface area contributed by atoms with Gasteiger partial charge in [-0.15, -0.1) is 0 Å². The van der Waals surface area contributed by atoms with Crippen LogP contribution in [0.25, 0.3) is 0 Å². The monoisotopic (exact) mass is 234 g/mol. The summed E-state index contributed by atoms with van der Waals surface area (Å²) >= 11 is 0. The van der Waals surface area contributed by atoms with E-state index < -0.39 is 43.2 Å². The molecule has 1 fully saturated rings. The number of rotatable bonds is 2. The van der Waals surface area contributed by atoms with Crippen molar-refractivity contribution in [2.24, 2.45) is 0 Å². The molecular formula is C9H16NO6-. The first-order chi connectivity index (χ1) is 7.40. The largest absolute Gasteiger partial charge is 0.829 e. The van der Waals surface area contributed by atoms with Crippen molar-refractivity contribution in [3.05, 3.63) is 0 Å². The van der Waals surface area contributed by atoms with Crippen molar-refractivity contribution in [2.45, 2.75) is 37.6 Å². The Kier molecular flexibility index (Phi) is 4.22. The van der Waals surface area contributed by atoms with Gasteiger partial charge in [0.1, 0.15) is 18.3 Å². The molecule has 7 nitrogen and oxygen atoms in total. The highest BCUT2D eigenvalue weighted by atomic mass is 16.6. The summed E-state index contributed by atoms with van der Waals surface area (Å²) in [6, 6.07) is -1.16. The Morgan fingerprint density at radius 3 is 2.44 bits per heavy atom. The van der Waals surface area contributed by atoms with E-state index in [0.29, 0.717) is 0 Å². The predicted octanol–water partition coefficient (Wildman–Crippen LogP) is -3.37. The first-order valence-electron chi connectivity index (χ1n) is 4.91. The van der Waals surface area contributed by atoms with E-state index >= 15 is 0 Å². The fraction of sp³-hybridized carbons (Fsp3) is 0.889. The zero-order valence-electron chi connectivity index (χ0n) is 9.11. The number of likely N-dealkylation sites (N-methyl/N-ethyl adjacent to an activating group) is 1. The zero-order chi connectivity index (χ0) is 12.5. The molecule has 0 aromatic heterocycles. The summed E-state index contributed by atoms with van der Waals surface area (Å²) in [5.74, 6) is -0.414. The maximum Gasteiger partial charge on any atom is 0.219 e. The van der Waals surface area contributed by atoms with Gasteiger partial charge in [0.2, 0.25) is 5.91 Å². The first kappa shape index (κ1) is 13.3. The molecule has 0 unspecified atom stereocenters. The van der Waals surface area contributed by atoms with Crippen LogP contribution < -0.4 is 5.11 Å². The highest BCUT2D eigenvalue weighted by molar-refractivity contribution is 5.73. The lowest BCUT2D eigenvalue weighted by Gasteiger charge is -2.48. The second kappa shape index (κ2) is 5.07. The number of aliphatic hydroxyl groups excluding tert-OH is 3. The van der Waals surface area contributed by atoms with Gasteiger partial charge in [-0.05, 0) is 0 Å². The van der Waals surface area contributed by atoms with Crippen LogP contribution in [0.5, 0.6) is 0 Å². The van der Waals surface area contributed by atoms with Crippen LogP contribution in [0.1, 0.15) is 6.92 Å². The highest BCUT2D eigenvalue weighted by Gasteiger charge is 2.42. The molecule has 1 aliphatic rings. The second-order valence-electron chi connectivity index (χ2n) is 3.83. The van der Waals surface area contributed by atoms with Crippen LogP contribution >= 0.6 is 0 Å². The Bertz CT molecular complexity index is 260. The van der Waals surface area contributed by atoms with Crippen LogP contribution in [-0.4, -0.2) is 70.4 Å². The average molecular weight is 234 g/mol. The lowest BCUT2D eigenvalue weighted by atomic mass is 9.96.